The van der Waals surface area contributed by atoms with Gasteiger partial charge in [0.25, 0.3) is 0 Å². The first-order chi connectivity index (χ1) is 9.63. The van der Waals surface area contributed by atoms with Crippen LogP contribution >= 0.6 is 0 Å². The van der Waals surface area contributed by atoms with Crippen LogP contribution in [0.3, 0.4) is 0 Å². The Balaban J connectivity index is 2.21. The van der Waals surface area contributed by atoms with Crippen LogP contribution in [-0.2, 0) is 20.8 Å². The number of methoxy groups -OCH3 is 1. The van der Waals surface area contributed by atoms with Gasteiger partial charge in [-0.3, -0.25) is 0 Å². The van der Waals surface area contributed by atoms with E-state index < -0.39 is 12.9 Å². The largest absolute Gasteiger partial charge is 0.488 e. The van der Waals surface area contributed by atoms with Crippen molar-refractivity contribution in [1.82, 2.24) is 0 Å². The van der Waals surface area contributed by atoms with Crippen molar-refractivity contribution in [2.75, 3.05) is 33.5 Å². The quantitative estimate of drug-likeness (QED) is 0.471. The van der Waals surface area contributed by atoms with Crippen molar-refractivity contribution >= 4 is 12.6 Å². The highest BCUT2D eigenvalue weighted by Gasteiger charge is 2.13. The van der Waals surface area contributed by atoms with Crippen molar-refractivity contribution in [2.45, 2.75) is 13.0 Å². The molecule has 0 saturated carbocycles. The Hall–Kier alpha value is -0.985. The van der Waals surface area contributed by atoms with Crippen LogP contribution in [0.5, 0.6) is 0 Å². The lowest BCUT2D eigenvalue weighted by atomic mass is 9.79. The lowest BCUT2D eigenvalue weighted by Crippen LogP contribution is -2.30. The van der Waals surface area contributed by atoms with Gasteiger partial charge < -0.3 is 24.3 Å². The standard InChI is InChI=1S/C13H20BFO5/c1-18-3-2-4-19-5-6-20-10-11-7-12(14(16)17)9-13(15)8-11/h7-9,16-17H,2-6,10H2,1H3. The summed E-state index contributed by atoms with van der Waals surface area (Å²) in [4.78, 5) is 0. The minimum atomic E-state index is -1.69. The summed E-state index contributed by atoms with van der Waals surface area (Å²) in [6.07, 6.45) is 0.831. The van der Waals surface area contributed by atoms with E-state index in [2.05, 4.69) is 0 Å². The zero-order valence-electron chi connectivity index (χ0n) is 11.5. The lowest BCUT2D eigenvalue weighted by molar-refractivity contribution is 0.0336. The van der Waals surface area contributed by atoms with Gasteiger partial charge in [-0.25, -0.2) is 4.39 Å². The fraction of sp³-hybridized carbons (Fsp3) is 0.538. The van der Waals surface area contributed by atoms with E-state index in [0.717, 1.165) is 12.5 Å². The molecule has 0 spiro atoms. The Labute approximate surface area is 118 Å². The number of halogens is 1. The van der Waals surface area contributed by atoms with Gasteiger partial charge in [-0.15, -0.1) is 0 Å². The number of hydrogen-bond donors (Lipinski definition) is 2. The maximum absolute atomic E-state index is 13.2. The third-order valence-electron chi connectivity index (χ3n) is 2.56. The van der Waals surface area contributed by atoms with Crippen molar-refractivity contribution in [2.24, 2.45) is 0 Å². The molecule has 0 saturated heterocycles. The molecule has 20 heavy (non-hydrogen) atoms. The average Bonchev–Trinajstić information content (AvgIpc) is 2.41. The number of ether oxygens (including phenoxy) is 3. The van der Waals surface area contributed by atoms with E-state index in [-0.39, 0.29) is 12.1 Å². The van der Waals surface area contributed by atoms with E-state index in [4.69, 9.17) is 24.3 Å². The predicted molar refractivity (Wildman–Crippen MR) is 73.2 cm³/mol. The molecule has 0 aliphatic heterocycles. The SMILES string of the molecule is COCCCOCCOCc1cc(F)cc(B(O)O)c1. The third-order valence-corrected chi connectivity index (χ3v) is 2.56. The molecule has 0 fully saturated rings. The van der Waals surface area contributed by atoms with E-state index in [1.165, 1.54) is 12.1 Å². The van der Waals surface area contributed by atoms with Crippen LogP contribution in [0.1, 0.15) is 12.0 Å². The second-order valence-corrected chi connectivity index (χ2v) is 4.28. The topological polar surface area (TPSA) is 68.2 Å². The highest BCUT2D eigenvalue weighted by molar-refractivity contribution is 6.58. The fourth-order valence-electron chi connectivity index (χ4n) is 1.62. The molecule has 0 bridgehead atoms. The number of benzene rings is 1. The molecule has 2 N–H and O–H groups in total. The van der Waals surface area contributed by atoms with Gasteiger partial charge in [-0.2, -0.15) is 0 Å². The molecule has 1 aromatic carbocycles. The van der Waals surface area contributed by atoms with Crippen molar-refractivity contribution < 1.29 is 28.6 Å². The van der Waals surface area contributed by atoms with Crippen molar-refractivity contribution in [3.63, 3.8) is 0 Å². The van der Waals surface area contributed by atoms with Crippen LogP contribution in [0.4, 0.5) is 4.39 Å². The van der Waals surface area contributed by atoms with Gasteiger partial charge in [-0.05, 0) is 29.6 Å². The second-order valence-electron chi connectivity index (χ2n) is 4.28. The molecule has 0 heterocycles. The highest BCUT2D eigenvalue weighted by atomic mass is 19.1. The van der Waals surface area contributed by atoms with Crippen LogP contribution in [0.25, 0.3) is 0 Å². The monoisotopic (exact) mass is 286 g/mol. The molecule has 0 radical (unpaired) electrons. The summed E-state index contributed by atoms with van der Waals surface area (Å²) in [5, 5.41) is 18.0. The van der Waals surface area contributed by atoms with Crippen LogP contribution < -0.4 is 5.46 Å². The van der Waals surface area contributed by atoms with Crippen LogP contribution in [0.15, 0.2) is 18.2 Å². The summed E-state index contributed by atoms with van der Waals surface area (Å²) in [6.45, 7) is 2.31. The Morgan fingerprint density at radius 1 is 1.05 bits per heavy atom. The van der Waals surface area contributed by atoms with Gasteiger partial charge in [0.05, 0.1) is 19.8 Å². The molecule has 0 aliphatic carbocycles. The van der Waals surface area contributed by atoms with Gasteiger partial charge in [0.2, 0.25) is 0 Å². The highest BCUT2D eigenvalue weighted by Crippen LogP contribution is 2.04. The molecule has 0 aliphatic rings. The molecule has 1 rings (SSSR count). The summed E-state index contributed by atoms with van der Waals surface area (Å²) in [7, 11) is -0.0479. The summed E-state index contributed by atoms with van der Waals surface area (Å²) >= 11 is 0. The first kappa shape index (κ1) is 17.1. The Kier molecular flexibility index (Phi) is 8.40. The number of hydrogen-bond acceptors (Lipinski definition) is 5. The van der Waals surface area contributed by atoms with E-state index in [9.17, 15) is 4.39 Å². The van der Waals surface area contributed by atoms with E-state index in [0.29, 0.717) is 32.0 Å². The Morgan fingerprint density at radius 2 is 1.80 bits per heavy atom. The van der Waals surface area contributed by atoms with Gasteiger partial charge >= 0.3 is 7.12 Å². The van der Waals surface area contributed by atoms with Crippen LogP contribution in [0, 0.1) is 5.82 Å². The minimum absolute atomic E-state index is 0.111. The average molecular weight is 286 g/mol. The first-order valence-electron chi connectivity index (χ1n) is 6.43. The third kappa shape index (κ3) is 6.97. The molecule has 0 atom stereocenters. The minimum Gasteiger partial charge on any atom is -0.423 e. The maximum atomic E-state index is 13.2. The first-order valence-corrected chi connectivity index (χ1v) is 6.43. The molecule has 7 heteroatoms. The van der Waals surface area contributed by atoms with Gasteiger partial charge in [0, 0.05) is 20.3 Å². The van der Waals surface area contributed by atoms with Gasteiger partial charge in [0.1, 0.15) is 5.82 Å². The molecule has 0 amide bonds. The molecule has 112 valence electrons. The summed E-state index contributed by atoms with van der Waals surface area (Å²) in [6, 6.07) is 3.87. The lowest BCUT2D eigenvalue weighted by Gasteiger charge is -2.08. The molecule has 0 unspecified atom stereocenters. The van der Waals surface area contributed by atoms with Crippen LogP contribution in [0.2, 0.25) is 0 Å². The molecule has 0 aromatic heterocycles. The van der Waals surface area contributed by atoms with Crippen LogP contribution in [-0.4, -0.2) is 50.7 Å². The fourth-order valence-corrected chi connectivity index (χ4v) is 1.62. The van der Waals surface area contributed by atoms with E-state index in [1.54, 1.807) is 7.11 Å². The van der Waals surface area contributed by atoms with Crippen molar-refractivity contribution in [3.8, 4) is 0 Å². The van der Waals surface area contributed by atoms with Crippen molar-refractivity contribution in [3.05, 3.63) is 29.6 Å². The smallest absolute Gasteiger partial charge is 0.423 e. The maximum Gasteiger partial charge on any atom is 0.488 e. The Bertz CT molecular complexity index is 389. The van der Waals surface area contributed by atoms with Crippen molar-refractivity contribution in [1.29, 1.82) is 0 Å². The zero-order chi connectivity index (χ0) is 14.8. The molecule has 5 nitrogen and oxygen atoms in total. The summed E-state index contributed by atoms with van der Waals surface area (Å²) < 4.78 is 28.7. The van der Waals surface area contributed by atoms with Gasteiger partial charge in [0.15, 0.2) is 0 Å². The summed E-state index contributed by atoms with van der Waals surface area (Å²) in [5.41, 5.74) is 0.659. The van der Waals surface area contributed by atoms with Gasteiger partial charge in [-0.1, -0.05) is 6.07 Å². The normalized spacial score (nSPS) is 10.8. The van der Waals surface area contributed by atoms with E-state index >= 15 is 0 Å². The number of rotatable bonds is 10. The molecular weight excluding hydrogens is 266 g/mol. The predicted octanol–water partition coefficient (Wildman–Crippen LogP) is 0.0752. The zero-order valence-corrected chi connectivity index (χ0v) is 11.5. The van der Waals surface area contributed by atoms with E-state index in [1.807, 2.05) is 0 Å². The second kappa shape index (κ2) is 9.85. The molecular formula is C13H20BFO5. The Morgan fingerprint density at radius 3 is 2.50 bits per heavy atom. The summed E-state index contributed by atoms with van der Waals surface area (Å²) in [5.74, 6) is -0.523. The molecule has 1 aromatic rings.